The monoisotopic (exact) mass is 548 g/mol. The number of nitro groups is 1. The average molecular weight is 548 g/mol. The molecule has 10 heteroatoms. The van der Waals surface area contributed by atoms with Crippen molar-refractivity contribution in [2.24, 2.45) is 4.99 Å². The van der Waals surface area contributed by atoms with Crippen molar-refractivity contribution in [1.29, 1.82) is 0 Å². The lowest BCUT2D eigenvalue weighted by Crippen LogP contribution is -2.43. The number of rotatable bonds is 10. The minimum atomic E-state index is -0.764. The number of hydrogen-bond acceptors (Lipinski definition) is 6. The number of aliphatic hydroxyl groups is 1. The summed E-state index contributed by atoms with van der Waals surface area (Å²) in [7, 11) is 0. The zero-order chi connectivity index (χ0) is 21.3. The molecule has 1 heterocycles. The van der Waals surface area contributed by atoms with Gasteiger partial charge in [0.25, 0.3) is 5.69 Å². The van der Waals surface area contributed by atoms with Crippen LogP contribution < -0.4 is 15.4 Å². The van der Waals surface area contributed by atoms with Gasteiger partial charge in [0.2, 0.25) is 0 Å². The smallest absolute Gasteiger partial charge is 0.269 e. The Balaban J connectivity index is 0.00000450. The third-order valence-electron chi connectivity index (χ3n) is 4.16. The molecule has 0 saturated carbocycles. The molecule has 0 aliphatic heterocycles. The Hall–Kier alpha value is -1.92. The SMILES string of the molecule is CCNC(=NCC(C)(C)c1cccs1)NCC(O)COc1ccc([N+](=O)[O-])cc1.I. The second kappa shape index (κ2) is 12.7. The van der Waals surface area contributed by atoms with E-state index in [2.05, 4.69) is 40.9 Å². The highest BCUT2D eigenvalue weighted by atomic mass is 127. The van der Waals surface area contributed by atoms with Gasteiger partial charge in [-0.15, -0.1) is 35.3 Å². The predicted molar refractivity (Wildman–Crippen MR) is 131 cm³/mol. The summed E-state index contributed by atoms with van der Waals surface area (Å²) in [4.78, 5) is 16.1. The maximum atomic E-state index is 10.7. The summed E-state index contributed by atoms with van der Waals surface area (Å²) in [5.41, 5.74) is -0.0784. The quantitative estimate of drug-likeness (QED) is 0.138. The van der Waals surface area contributed by atoms with Gasteiger partial charge >= 0.3 is 0 Å². The predicted octanol–water partition coefficient (Wildman–Crippen LogP) is 3.55. The van der Waals surface area contributed by atoms with E-state index in [-0.39, 0.29) is 48.2 Å². The second-order valence-electron chi connectivity index (χ2n) is 7.15. The highest BCUT2D eigenvalue weighted by Crippen LogP contribution is 2.27. The molecule has 1 aromatic heterocycles. The van der Waals surface area contributed by atoms with E-state index in [1.807, 2.05) is 13.0 Å². The van der Waals surface area contributed by atoms with Crippen LogP contribution in [-0.4, -0.2) is 48.3 Å². The van der Waals surface area contributed by atoms with Gasteiger partial charge < -0.3 is 20.5 Å². The molecule has 2 aromatic rings. The van der Waals surface area contributed by atoms with Gasteiger partial charge in [-0.1, -0.05) is 19.9 Å². The van der Waals surface area contributed by atoms with Gasteiger partial charge in [0.1, 0.15) is 18.5 Å². The van der Waals surface area contributed by atoms with E-state index in [1.165, 1.54) is 29.1 Å². The summed E-state index contributed by atoms with van der Waals surface area (Å²) in [5, 5.41) is 29.2. The Labute approximate surface area is 197 Å². The van der Waals surface area contributed by atoms with Gasteiger partial charge in [-0.3, -0.25) is 15.1 Å². The van der Waals surface area contributed by atoms with Crippen molar-refractivity contribution in [1.82, 2.24) is 10.6 Å². The van der Waals surface area contributed by atoms with Crippen LogP contribution in [0.4, 0.5) is 5.69 Å². The topological polar surface area (TPSA) is 109 Å². The number of aliphatic hydroxyl groups excluding tert-OH is 1. The fourth-order valence-corrected chi connectivity index (χ4v) is 3.33. The number of halogens is 1. The molecule has 0 saturated heterocycles. The lowest BCUT2D eigenvalue weighted by molar-refractivity contribution is -0.384. The average Bonchev–Trinajstić information content (AvgIpc) is 3.24. The number of thiophene rings is 1. The molecule has 0 bridgehead atoms. The molecule has 3 N–H and O–H groups in total. The number of nitrogens with one attached hydrogen (secondary N) is 2. The molecule has 0 aliphatic rings. The zero-order valence-corrected chi connectivity index (χ0v) is 20.5. The molecule has 0 radical (unpaired) electrons. The standard InChI is InChI=1S/C20H28N4O4S.HI/c1-4-21-19(23-14-20(2,3)18-6-5-11-29-18)22-12-16(25)13-28-17-9-7-15(8-10-17)24(26)27;/h5-11,16,25H,4,12-14H2,1-3H3,(H2,21,22,23);1H. The minimum absolute atomic E-state index is 0. The Bertz CT molecular complexity index is 798. The van der Waals surface area contributed by atoms with Crippen LogP contribution in [0, 0.1) is 10.1 Å². The van der Waals surface area contributed by atoms with E-state index in [9.17, 15) is 15.2 Å². The number of non-ortho nitro benzene ring substituents is 1. The van der Waals surface area contributed by atoms with Crippen molar-refractivity contribution < 1.29 is 14.8 Å². The summed E-state index contributed by atoms with van der Waals surface area (Å²) >= 11 is 1.72. The van der Waals surface area contributed by atoms with Crippen molar-refractivity contribution in [3.05, 3.63) is 56.8 Å². The molecule has 0 spiro atoms. The summed E-state index contributed by atoms with van der Waals surface area (Å²) in [6.45, 7) is 7.93. The van der Waals surface area contributed by atoms with Crippen molar-refractivity contribution >= 4 is 47.0 Å². The van der Waals surface area contributed by atoms with Gasteiger partial charge in [-0.25, -0.2) is 0 Å². The number of guanidine groups is 1. The maximum Gasteiger partial charge on any atom is 0.269 e. The summed E-state index contributed by atoms with van der Waals surface area (Å²) < 4.78 is 5.49. The number of nitro benzene ring substituents is 1. The van der Waals surface area contributed by atoms with Crippen LogP contribution >= 0.6 is 35.3 Å². The molecule has 0 fully saturated rings. The lowest BCUT2D eigenvalue weighted by atomic mass is 9.92. The fourth-order valence-electron chi connectivity index (χ4n) is 2.49. The Morgan fingerprint density at radius 3 is 2.57 bits per heavy atom. The van der Waals surface area contributed by atoms with Crippen LogP contribution in [-0.2, 0) is 5.41 Å². The first-order valence-electron chi connectivity index (χ1n) is 9.43. The summed E-state index contributed by atoms with van der Waals surface area (Å²) in [6.07, 6.45) is -0.764. The van der Waals surface area contributed by atoms with E-state index >= 15 is 0 Å². The molecule has 1 unspecified atom stereocenters. The van der Waals surface area contributed by atoms with Crippen molar-refractivity contribution in [3.8, 4) is 5.75 Å². The van der Waals surface area contributed by atoms with E-state index in [0.29, 0.717) is 24.8 Å². The third-order valence-corrected chi connectivity index (χ3v) is 5.40. The van der Waals surface area contributed by atoms with Crippen LogP contribution in [0.25, 0.3) is 0 Å². The molecule has 166 valence electrons. The molecule has 0 aliphatic carbocycles. The number of hydrogen-bond donors (Lipinski definition) is 3. The van der Waals surface area contributed by atoms with Crippen LogP contribution in [0.1, 0.15) is 25.6 Å². The second-order valence-corrected chi connectivity index (χ2v) is 8.10. The van der Waals surface area contributed by atoms with Gasteiger partial charge in [-0.2, -0.15) is 0 Å². The number of benzene rings is 1. The van der Waals surface area contributed by atoms with Crippen LogP contribution in [0.3, 0.4) is 0 Å². The lowest BCUT2D eigenvalue weighted by Gasteiger charge is -2.22. The van der Waals surface area contributed by atoms with Crippen LogP contribution in [0.2, 0.25) is 0 Å². The molecular formula is C20H29IN4O4S. The zero-order valence-electron chi connectivity index (χ0n) is 17.3. The number of nitrogens with zero attached hydrogens (tertiary/aromatic N) is 2. The molecule has 8 nitrogen and oxygen atoms in total. The number of ether oxygens (including phenoxy) is 1. The first-order chi connectivity index (χ1) is 13.8. The van der Waals surface area contributed by atoms with Gasteiger partial charge in [-0.05, 0) is 30.5 Å². The Kier molecular flexibility index (Phi) is 11.1. The molecule has 1 aromatic carbocycles. The maximum absolute atomic E-state index is 10.7. The van der Waals surface area contributed by atoms with E-state index in [1.54, 1.807) is 11.3 Å². The first kappa shape index (κ1) is 26.1. The van der Waals surface area contributed by atoms with E-state index in [4.69, 9.17) is 4.74 Å². The normalized spacial score (nSPS) is 12.6. The largest absolute Gasteiger partial charge is 0.491 e. The van der Waals surface area contributed by atoms with Gasteiger partial charge in [0.15, 0.2) is 5.96 Å². The Morgan fingerprint density at radius 2 is 2.00 bits per heavy atom. The third kappa shape index (κ3) is 8.44. The minimum Gasteiger partial charge on any atom is -0.491 e. The summed E-state index contributed by atoms with van der Waals surface area (Å²) in [5.74, 6) is 1.10. The van der Waals surface area contributed by atoms with Crippen molar-refractivity contribution in [3.63, 3.8) is 0 Å². The molecule has 1 atom stereocenters. The molecule has 0 amide bonds. The van der Waals surface area contributed by atoms with Crippen LogP contribution in [0.15, 0.2) is 46.8 Å². The first-order valence-corrected chi connectivity index (χ1v) is 10.3. The molecular weight excluding hydrogens is 519 g/mol. The molecule has 30 heavy (non-hydrogen) atoms. The van der Waals surface area contributed by atoms with E-state index in [0.717, 1.165) is 0 Å². The van der Waals surface area contributed by atoms with Crippen LogP contribution in [0.5, 0.6) is 5.75 Å². The van der Waals surface area contributed by atoms with Crippen molar-refractivity contribution in [2.75, 3.05) is 26.2 Å². The van der Waals surface area contributed by atoms with Crippen molar-refractivity contribution in [2.45, 2.75) is 32.3 Å². The van der Waals surface area contributed by atoms with Gasteiger partial charge in [0.05, 0.1) is 11.5 Å². The Morgan fingerprint density at radius 1 is 1.30 bits per heavy atom. The summed E-state index contributed by atoms with van der Waals surface area (Å²) in [6, 6.07) is 9.90. The van der Waals surface area contributed by atoms with E-state index < -0.39 is 11.0 Å². The number of aliphatic imine (C=N–C) groups is 1. The van der Waals surface area contributed by atoms with Gasteiger partial charge in [0, 0.05) is 35.5 Å². The highest BCUT2D eigenvalue weighted by molar-refractivity contribution is 14.0. The fraction of sp³-hybridized carbons (Fsp3) is 0.450. The molecule has 2 rings (SSSR count). The highest BCUT2D eigenvalue weighted by Gasteiger charge is 2.21.